The van der Waals surface area contributed by atoms with E-state index >= 15 is 0 Å². The van der Waals surface area contributed by atoms with Gasteiger partial charge in [0.15, 0.2) is 11.5 Å². The van der Waals surface area contributed by atoms with Gasteiger partial charge in [-0.25, -0.2) is 0 Å². The quantitative estimate of drug-likeness (QED) is 0.647. The van der Waals surface area contributed by atoms with Crippen LogP contribution in [0.1, 0.15) is 31.5 Å². The normalized spacial score (nSPS) is 12.8. The fraction of sp³-hybridized carbons (Fsp3) is 0.0952. The number of rotatable bonds is 6. The Labute approximate surface area is 160 Å². The highest BCUT2D eigenvalue weighted by Crippen LogP contribution is 2.23. The van der Waals surface area contributed by atoms with Crippen molar-refractivity contribution >= 4 is 23.0 Å². The van der Waals surface area contributed by atoms with E-state index in [-0.39, 0.29) is 17.4 Å². The maximum Gasteiger partial charge on any atom is 0.273 e. The molecular weight excluding hydrogens is 360 g/mol. The average molecular weight is 376 g/mol. The summed E-state index contributed by atoms with van der Waals surface area (Å²) in [6, 6.07) is 14.7. The molecule has 0 saturated carbocycles. The van der Waals surface area contributed by atoms with Gasteiger partial charge in [0, 0.05) is 22.1 Å². The van der Waals surface area contributed by atoms with E-state index in [0.29, 0.717) is 17.2 Å². The number of Topliss-reactive ketones (excluding diaryl/α,β-unsaturated/α-hetero) is 1. The SMILES string of the molecule is O=C(NCc1ccc(C(=O)C2=CCC=C2)s1)c1cc(-c2ccccc2)on1. The van der Waals surface area contributed by atoms with E-state index in [1.807, 2.05) is 54.6 Å². The van der Waals surface area contributed by atoms with E-state index < -0.39 is 0 Å². The molecule has 2 aromatic heterocycles. The predicted octanol–water partition coefficient (Wildman–Crippen LogP) is 4.40. The lowest BCUT2D eigenvalue weighted by atomic mass is 10.1. The van der Waals surface area contributed by atoms with Crippen molar-refractivity contribution in [1.29, 1.82) is 0 Å². The highest BCUT2D eigenvalue weighted by atomic mass is 32.1. The third kappa shape index (κ3) is 3.80. The molecule has 1 aliphatic rings. The van der Waals surface area contributed by atoms with Gasteiger partial charge in [0.25, 0.3) is 5.91 Å². The molecule has 0 atom stereocenters. The Kier molecular flexibility index (Phi) is 4.80. The standard InChI is InChI=1S/C21H16N2O3S/c24-20(15-8-4-5-9-15)19-11-10-16(27-19)13-22-21(25)17-12-18(26-23-17)14-6-2-1-3-7-14/h1-4,6-12H,5,13H2,(H,22,25). The van der Waals surface area contributed by atoms with Crippen LogP contribution in [0.3, 0.4) is 0 Å². The molecule has 2 heterocycles. The molecule has 0 unspecified atom stereocenters. The Balaban J connectivity index is 1.38. The Morgan fingerprint density at radius 3 is 2.78 bits per heavy atom. The molecule has 0 spiro atoms. The number of thiophene rings is 1. The van der Waals surface area contributed by atoms with Crippen LogP contribution < -0.4 is 5.32 Å². The highest BCUT2D eigenvalue weighted by molar-refractivity contribution is 7.14. The van der Waals surface area contributed by atoms with Gasteiger partial charge < -0.3 is 9.84 Å². The van der Waals surface area contributed by atoms with Crippen molar-refractivity contribution < 1.29 is 14.1 Å². The lowest BCUT2D eigenvalue weighted by Gasteiger charge is -2.00. The van der Waals surface area contributed by atoms with E-state index in [0.717, 1.165) is 22.4 Å². The lowest BCUT2D eigenvalue weighted by molar-refractivity contribution is 0.0941. The number of aromatic nitrogens is 1. The van der Waals surface area contributed by atoms with Crippen molar-refractivity contribution in [2.24, 2.45) is 0 Å². The monoisotopic (exact) mass is 376 g/mol. The van der Waals surface area contributed by atoms with Crippen LogP contribution in [0.2, 0.25) is 0 Å². The van der Waals surface area contributed by atoms with Gasteiger partial charge in [-0.2, -0.15) is 0 Å². The summed E-state index contributed by atoms with van der Waals surface area (Å²) in [5, 5.41) is 6.65. The molecule has 4 rings (SSSR count). The van der Waals surface area contributed by atoms with Crippen molar-refractivity contribution in [1.82, 2.24) is 10.5 Å². The zero-order valence-corrected chi connectivity index (χ0v) is 15.2. The van der Waals surface area contributed by atoms with Crippen molar-refractivity contribution in [2.75, 3.05) is 0 Å². The third-order valence-corrected chi connectivity index (χ3v) is 5.23. The number of nitrogens with zero attached hydrogens (tertiary/aromatic N) is 1. The summed E-state index contributed by atoms with van der Waals surface area (Å²) in [5.41, 5.74) is 1.81. The molecule has 134 valence electrons. The van der Waals surface area contributed by atoms with Gasteiger partial charge in [-0.15, -0.1) is 11.3 Å². The Bertz CT molecular complexity index is 1040. The van der Waals surface area contributed by atoms with Gasteiger partial charge in [0.1, 0.15) is 0 Å². The van der Waals surface area contributed by atoms with Gasteiger partial charge in [0.2, 0.25) is 5.78 Å². The van der Waals surface area contributed by atoms with E-state index in [4.69, 9.17) is 4.52 Å². The van der Waals surface area contributed by atoms with Gasteiger partial charge >= 0.3 is 0 Å². The summed E-state index contributed by atoms with van der Waals surface area (Å²) in [6.45, 7) is 0.333. The Morgan fingerprint density at radius 1 is 1.15 bits per heavy atom. The van der Waals surface area contributed by atoms with Gasteiger partial charge in [-0.1, -0.05) is 53.7 Å². The first kappa shape index (κ1) is 17.2. The second kappa shape index (κ2) is 7.55. The van der Waals surface area contributed by atoms with Crippen molar-refractivity contribution in [3.63, 3.8) is 0 Å². The highest BCUT2D eigenvalue weighted by Gasteiger charge is 2.16. The maximum absolute atomic E-state index is 12.3. The van der Waals surface area contributed by atoms with Crippen LogP contribution in [-0.4, -0.2) is 16.8 Å². The van der Waals surface area contributed by atoms with Crippen LogP contribution in [-0.2, 0) is 6.54 Å². The smallest absolute Gasteiger partial charge is 0.273 e. The molecule has 5 nitrogen and oxygen atoms in total. The minimum absolute atomic E-state index is 0.0235. The first-order valence-electron chi connectivity index (χ1n) is 8.51. The van der Waals surface area contributed by atoms with Gasteiger partial charge in [-0.05, 0) is 18.6 Å². The van der Waals surface area contributed by atoms with Crippen LogP contribution in [0.15, 0.2) is 76.9 Å². The minimum atomic E-state index is -0.316. The molecule has 1 aliphatic carbocycles. The molecular formula is C21H16N2O3S. The molecule has 1 aromatic carbocycles. The van der Waals surface area contributed by atoms with Gasteiger partial charge in [0.05, 0.1) is 11.4 Å². The summed E-state index contributed by atoms with van der Waals surface area (Å²) < 4.78 is 5.25. The Hall–Kier alpha value is -3.25. The van der Waals surface area contributed by atoms with Crippen molar-refractivity contribution in [3.05, 3.63) is 87.8 Å². The molecule has 27 heavy (non-hydrogen) atoms. The lowest BCUT2D eigenvalue weighted by Crippen LogP contribution is -2.22. The number of nitrogens with one attached hydrogen (secondary N) is 1. The minimum Gasteiger partial charge on any atom is -0.355 e. The second-order valence-corrected chi connectivity index (χ2v) is 7.19. The van der Waals surface area contributed by atoms with Crippen LogP contribution in [0.25, 0.3) is 11.3 Å². The molecule has 1 N–H and O–H groups in total. The molecule has 0 aliphatic heterocycles. The molecule has 0 bridgehead atoms. The first-order valence-corrected chi connectivity index (χ1v) is 9.33. The van der Waals surface area contributed by atoms with E-state index in [2.05, 4.69) is 10.5 Å². The molecule has 0 saturated heterocycles. The fourth-order valence-corrected chi connectivity index (χ4v) is 3.65. The molecule has 1 amide bonds. The zero-order valence-electron chi connectivity index (χ0n) is 14.3. The second-order valence-electron chi connectivity index (χ2n) is 6.02. The number of amides is 1. The molecule has 0 radical (unpaired) electrons. The van der Waals surface area contributed by atoms with Crippen LogP contribution in [0.5, 0.6) is 0 Å². The molecule has 0 fully saturated rings. The van der Waals surface area contributed by atoms with Crippen LogP contribution >= 0.6 is 11.3 Å². The van der Waals surface area contributed by atoms with E-state index in [1.165, 1.54) is 11.3 Å². The predicted molar refractivity (Wildman–Crippen MR) is 104 cm³/mol. The van der Waals surface area contributed by atoms with Crippen molar-refractivity contribution in [3.8, 4) is 11.3 Å². The zero-order chi connectivity index (χ0) is 18.6. The number of hydrogen-bond acceptors (Lipinski definition) is 5. The summed E-state index contributed by atoms with van der Waals surface area (Å²) in [5.74, 6) is 0.252. The summed E-state index contributed by atoms with van der Waals surface area (Å²) in [4.78, 5) is 26.2. The van der Waals surface area contributed by atoms with E-state index in [9.17, 15) is 9.59 Å². The van der Waals surface area contributed by atoms with Crippen molar-refractivity contribution in [2.45, 2.75) is 13.0 Å². The summed E-state index contributed by atoms with van der Waals surface area (Å²) in [6.07, 6.45) is 6.53. The first-order chi connectivity index (χ1) is 13.2. The van der Waals surface area contributed by atoms with Crippen LogP contribution in [0.4, 0.5) is 0 Å². The van der Waals surface area contributed by atoms with E-state index in [1.54, 1.807) is 12.1 Å². The maximum atomic E-state index is 12.3. The van der Waals surface area contributed by atoms with Gasteiger partial charge in [-0.3, -0.25) is 9.59 Å². The average Bonchev–Trinajstić information content (AvgIpc) is 3.48. The third-order valence-electron chi connectivity index (χ3n) is 4.14. The summed E-state index contributed by atoms with van der Waals surface area (Å²) >= 11 is 1.38. The Morgan fingerprint density at radius 2 is 2.00 bits per heavy atom. The summed E-state index contributed by atoms with van der Waals surface area (Å²) in [7, 11) is 0. The number of benzene rings is 1. The molecule has 3 aromatic rings. The number of carbonyl (C=O) groups is 2. The largest absolute Gasteiger partial charge is 0.355 e. The fourth-order valence-electron chi connectivity index (χ4n) is 2.74. The number of carbonyl (C=O) groups excluding carboxylic acids is 2. The molecule has 6 heteroatoms. The number of allylic oxidation sites excluding steroid dienone is 4. The van der Waals surface area contributed by atoms with Crippen LogP contribution in [0, 0.1) is 0 Å². The topological polar surface area (TPSA) is 72.2 Å². The number of hydrogen-bond donors (Lipinski definition) is 1. The number of ketones is 1.